The molecule has 1 aromatic carbocycles. The maximum atomic E-state index is 5.73. The summed E-state index contributed by atoms with van der Waals surface area (Å²) in [5, 5.41) is 4.49. The van der Waals surface area contributed by atoms with Crippen LogP contribution in [0, 0.1) is 0 Å². The van der Waals surface area contributed by atoms with Crippen LogP contribution in [0.1, 0.15) is 24.5 Å². The Balaban J connectivity index is 1.78. The van der Waals surface area contributed by atoms with E-state index in [2.05, 4.69) is 40.3 Å². The summed E-state index contributed by atoms with van der Waals surface area (Å²) in [5.41, 5.74) is 2.47. The van der Waals surface area contributed by atoms with Crippen molar-refractivity contribution in [3.63, 3.8) is 0 Å². The molecule has 3 rings (SSSR count). The lowest BCUT2D eigenvalue weighted by molar-refractivity contribution is 0.353. The Morgan fingerprint density at radius 3 is 3.26 bits per heavy atom. The molecule has 0 spiro atoms. The van der Waals surface area contributed by atoms with Crippen LogP contribution in [0.2, 0.25) is 0 Å². The van der Waals surface area contributed by atoms with Crippen LogP contribution < -0.4 is 10.1 Å². The highest BCUT2D eigenvalue weighted by Gasteiger charge is 2.18. The molecule has 19 heavy (non-hydrogen) atoms. The van der Waals surface area contributed by atoms with Crippen molar-refractivity contribution >= 4 is 32.9 Å². The van der Waals surface area contributed by atoms with Gasteiger partial charge in [-0.25, -0.2) is 0 Å². The monoisotopic (exact) mass is 340 g/mol. The van der Waals surface area contributed by atoms with Gasteiger partial charge in [0.1, 0.15) is 5.75 Å². The number of nitrogens with one attached hydrogen (secondary N) is 1. The summed E-state index contributed by atoms with van der Waals surface area (Å²) in [6.45, 7) is 3.68. The molecule has 0 aliphatic carbocycles. The molecule has 3 nitrogen and oxygen atoms in total. The molecule has 1 atom stereocenters. The summed E-state index contributed by atoms with van der Waals surface area (Å²) in [7, 11) is 0. The number of halogens is 1. The molecule has 2 heterocycles. The third-order valence-corrected chi connectivity index (χ3v) is 4.80. The second kappa shape index (κ2) is 5.75. The Bertz CT molecular complexity index is 518. The van der Waals surface area contributed by atoms with Gasteiger partial charge in [0.25, 0.3) is 0 Å². The highest BCUT2D eigenvalue weighted by Crippen LogP contribution is 2.33. The van der Waals surface area contributed by atoms with Crippen LogP contribution in [0.3, 0.4) is 0 Å². The molecule has 0 radical (unpaired) electrons. The van der Waals surface area contributed by atoms with Crippen molar-refractivity contribution in [2.45, 2.75) is 32.4 Å². The molecule has 0 amide bonds. The minimum absolute atomic E-state index is 0.532. The molecule has 0 bridgehead atoms. The van der Waals surface area contributed by atoms with Gasteiger partial charge in [-0.1, -0.05) is 27.7 Å². The summed E-state index contributed by atoms with van der Waals surface area (Å²) in [5.74, 6) is 2.20. The molecule has 1 N–H and O–H groups in total. The largest absolute Gasteiger partial charge is 0.493 e. The van der Waals surface area contributed by atoms with E-state index >= 15 is 0 Å². The molecule has 0 aromatic heterocycles. The Morgan fingerprint density at radius 1 is 1.53 bits per heavy atom. The van der Waals surface area contributed by atoms with Gasteiger partial charge in [-0.15, -0.1) is 0 Å². The first-order valence-electron chi connectivity index (χ1n) is 6.60. The average molecular weight is 341 g/mol. The zero-order valence-corrected chi connectivity index (χ0v) is 13.3. The van der Waals surface area contributed by atoms with Crippen molar-refractivity contribution in [2.24, 2.45) is 4.99 Å². The van der Waals surface area contributed by atoms with Crippen LogP contribution in [0.4, 0.5) is 0 Å². The first-order valence-corrected chi connectivity index (χ1v) is 8.38. The SMILES string of the molecule is CC1CCSC(=NCc2cc(Br)cc3c2OCC3)N1. The number of thioether (sulfide) groups is 1. The lowest BCUT2D eigenvalue weighted by Gasteiger charge is -2.21. The number of nitrogens with zero attached hydrogens (tertiary/aromatic N) is 1. The van der Waals surface area contributed by atoms with E-state index in [9.17, 15) is 0 Å². The van der Waals surface area contributed by atoms with Crippen molar-refractivity contribution in [1.29, 1.82) is 0 Å². The molecule has 2 aliphatic heterocycles. The number of rotatable bonds is 2. The Hall–Kier alpha value is -0.680. The molecule has 1 unspecified atom stereocenters. The fraction of sp³-hybridized carbons (Fsp3) is 0.500. The van der Waals surface area contributed by atoms with E-state index in [1.54, 1.807) is 0 Å². The van der Waals surface area contributed by atoms with Crippen LogP contribution in [0.15, 0.2) is 21.6 Å². The summed E-state index contributed by atoms with van der Waals surface area (Å²) < 4.78 is 6.84. The van der Waals surface area contributed by atoms with Crippen molar-refractivity contribution in [2.75, 3.05) is 12.4 Å². The summed E-state index contributed by atoms with van der Waals surface area (Å²) >= 11 is 5.38. The maximum Gasteiger partial charge on any atom is 0.157 e. The average Bonchev–Trinajstić information content (AvgIpc) is 2.84. The van der Waals surface area contributed by atoms with Gasteiger partial charge in [-0.2, -0.15) is 0 Å². The second-order valence-corrected chi connectivity index (χ2v) is 6.95. The number of benzene rings is 1. The first-order chi connectivity index (χ1) is 9.22. The van der Waals surface area contributed by atoms with Gasteiger partial charge >= 0.3 is 0 Å². The number of amidine groups is 1. The van der Waals surface area contributed by atoms with E-state index < -0.39 is 0 Å². The van der Waals surface area contributed by atoms with Crippen molar-refractivity contribution in [1.82, 2.24) is 5.32 Å². The predicted octanol–water partition coefficient (Wildman–Crippen LogP) is 3.36. The molecule has 0 saturated carbocycles. The zero-order valence-electron chi connectivity index (χ0n) is 10.9. The van der Waals surface area contributed by atoms with E-state index in [4.69, 9.17) is 9.73 Å². The molecule has 1 aromatic rings. The molecule has 1 fully saturated rings. The molecular formula is C14H17BrN2OS. The standard InChI is InChI=1S/C14H17BrN2OS/c1-9-3-5-19-14(17-9)16-8-11-7-12(15)6-10-2-4-18-13(10)11/h6-7,9H,2-5,8H2,1H3,(H,16,17). The van der Waals surface area contributed by atoms with Crippen molar-refractivity contribution in [3.8, 4) is 5.75 Å². The quantitative estimate of drug-likeness (QED) is 0.896. The Labute approximate surface area is 126 Å². The molecule has 2 aliphatic rings. The third kappa shape index (κ3) is 3.08. The van der Waals surface area contributed by atoms with Crippen molar-refractivity contribution < 1.29 is 4.74 Å². The van der Waals surface area contributed by atoms with Gasteiger partial charge in [0.15, 0.2) is 5.17 Å². The molecular weight excluding hydrogens is 324 g/mol. The minimum Gasteiger partial charge on any atom is -0.493 e. The van der Waals surface area contributed by atoms with Crippen LogP contribution in [0.5, 0.6) is 5.75 Å². The first kappa shape index (κ1) is 13.3. The van der Waals surface area contributed by atoms with Crippen LogP contribution >= 0.6 is 27.7 Å². The van der Waals surface area contributed by atoms with Gasteiger partial charge in [0, 0.05) is 28.3 Å². The van der Waals surface area contributed by atoms with E-state index in [-0.39, 0.29) is 0 Å². The highest BCUT2D eigenvalue weighted by molar-refractivity contribution is 9.10. The second-order valence-electron chi connectivity index (χ2n) is 4.96. The predicted molar refractivity (Wildman–Crippen MR) is 84.2 cm³/mol. The lowest BCUT2D eigenvalue weighted by atomic mass is 10.1. The number of ether oxygens (including phenoxy) is 1. The Kier molecular flexibility index (Phi) is 4.03. The Morgan fingerprint density at radius 2 is 2.42 bits per heavy atom. The zero-order chi connectivity index (χ0) is 13.2. The number of hydrogen-bond donors (Lipinski definition) is 1. The smallest absolute Gasteiger partial charge is 0.157 e. The van der Waals surface area contributed by atoms with E-state index in [1.165, 1.54) is 17.5 Å². The number of fused-ring (bicyclic) bond motifs is 1. The van der Waals surface area contributed by atoms with E-state index in [0.29, 0.717) is 12.6 Å². The fourth-order valence-electron chi connectivity index (χ4n) is 2.37. The van der Waals surface area contributed by atoms with Crippen molar-refractivity contribution in [3.05, 3.63) is 27.7 Å². The molecule has 5 heteroatoms. The summed E-state index contributed by atoms with van der Waals surface area (Å²) in [6.07, 6.45) is 2.21. The van der Waals surface area contributed by atoms with Gasteiger partial charge in [-0.05, 0) is 31.0 Å². The highest BCUT2D eigenvalue weighted by atomic mass is 79.9. The van der Waals surface area contributed by atoms with Gasteiger partial charge < -0.3 is 10.1 Å². The normalized spacial score (nSPS) is 23.9. The van der Waals surface area contributed by atoms with Gasteiger partial charge in [0.05, 0.1) is 13.2 Å². The summed E-state index contributed by atoms with van der Waals surface area (Å²) in [4.78, 5) is 4.69. The summed E-state index contributed by atoms with van der Waals surface area (Å²) in [6, 6.07) is 4.80. The fourth-order valence-corrected chi connectivity index (χ4v) is 4.03. The van der Waals surface area contributed by atoms with Gasteiger partial charge in [-0.3, -0.25) is 4.99 Å². The molecule has 1 saturated heterocycles. The molecule has 102 valence electrons. The van der Waals surface area contributed by atoms with E-state index in [1.807, 2.05) is 11.8 Å². The number of hydrogen-bond acceptors (Lipinski definition) is 3. The van der Waals surface area contributed by atoms with E-state index in [0.717, 1.165) is 34.2 Å². The van der Waals surface area contributed by atoms with Crippen LogP contribution in [-0.4, -0.2) is 23.6 Å². The maximum absolute atomic E-state index is 5.73. The van der Waals surface area contributed by atoms with Crippen LogP contribution in [0.25, 0.3) is 0 Å². The van der Waals surface area contributed by atoms with Crippen LogP contribution in [-0.2, 0) is 13.0 Å². The minimum atomic E-state index is 0.532. The topological polar surface area (TPSA) is 33.6 Å². The number of aliphatic imine (C=N–C) groups is 1. The lowest BCUT2D eigenvalue weighted by Crippen LogP contribution is -2.35. The van der Waals surface area contributed by atoms with Gasteiger partial charge in [0.2, 0.25) is 0 Å². The third-order valence-electron chi connectivity index (χ3n) is 3.38.